The van der Waals surface area contributed by atoms with Crippen molar-refractivity contribution in [1.82, 2.24) is 0 Å². The molecule has 0 saturated heterocycles. The van der Waals surface area contributed by atoms with Crippen LogP contribution in [0.1, 0.15) is 39.5 Å². The molecule has 0 spiro atoms. The third-order valence-corrected chi connectivity index (χ3v) is 2.71. The average molecular weight is 140 g/mol. The van der Waals surface area contributed by atoms with E-state index in [0.717, 1.165) is 6.42 Å². The van der Waals surface area contributed by atoms with E-state index in [-0.39, 0.29) is 0 Å². The summed E-state index contributed by atoms with van der Waals surface area (Å²) in [6, 6.07) is 0. The maximum absolute atomic E-state index is 11.0. The molecule has 0 radical (unpaired) electrons. The van der Waals surface area contributed by atoms with Crippen LogP contribution in [0.2, 0.25) is 0 Å². The average Bonchev–Trinajstić information content (AvgIpc) is 2.33. The number of hydrogen-bond acceptors (Lipinski definition) is 1. The number of ketones is 1. The largest absolute Gasteiger partial charge is 0.300 e. The van der Waals surface area contributed by atoms with Crippen LogP contribution >= 0.6 is 0 Å². The van der Waals surface area contributed by atoms with Crippen molar-refractivity contribution < 1.29 is 4.79 Å². The van der Waals surface area contributed by atoms with E-state index in [1.165, 1.54) is 19.3 Å². The number of Topliss-reactive ketones (excluding diaryl/α,β-unsaturated/α-hetero) is 1. The summed E-state index contributed by atoms with van der Waals surface area (Å²) in [5.41, 5.74) is 0. The number of carbonyl (C=O) groups is 1. The molecule has 1 fully saturated rings. The van der Waals surface area contributed by atoms with E-state index in [4.69, 9.17) is 0 Å². The van der Waals surface area contributed by atoms with Crippen LogP contribution in [0.3, 0.4) is 0 Å². The predicted octanol–water partition coefficient (Wildman–Crippen LogP) is 2.40. The molecule has 0 amide bonds. The SMILES string of the molecule is CC[C@@H]1CCC[C@H]1C(C)=O. The van der Waals surface area contributed by atoms with Crippen LogP contribution in [0.25, 0.3) is 0 Å². The van der Waals surface area contributed by atoms with Gasteiger partial charge in [-0.15, -0.1) is 0 Å². The molecule has 0 unspecified atom stereocenters. The Morgan fingerprint density at radius 1 is 1.50 bits per heavy atom. The Morgan fingerprint density at radius 3 is 2.60 bits per heavy atom. The highest BCUT2D eigenvalue weighted by atomic mass is 16.1. The molecule has 1 aliphatic rings. The Balaban J connectivity index is 2.50. The van der Waals surface area contributed by atoms with Crippen LogP contribution in [-0.4, -0.2) is 5.78 Å². The second kappa shape index (κ2) is 3.18. The molecule has 1 aliphatic carbocycles. The first-order valence-electron chi connectivity index (χ1n) is 4.26. The Hall–Kier alpha value is -0.330. The van der Waals surface area contributed by atoms with Crippen LogP contribution in [-0.2, 0) is 4.79 Å². The minimum atomic E-state index is 0.407. The molecule has 1 heteroatoms. The summed E-state index contributed by atoms with van der Waals surface area (Å²) in [6.07, 6.45) is 4.88. The lowest BCUT2D eigenvalue weighted by Crippen LogP contribution is -2.14. The van der Waals surface area contributed by atoms with Gasteiger partial charge in [0, 0.05) is 5.92 Å². The molecule has 1 saturated carbocycles. The van der Waals surface area contributed by atoms with Crippen LogP contribution < -0.4 is 0 Å². The van der Waals surface area contributed by atoms with E-state index in [1.807, 2.05) is 0 Å². The minimum Gasteiger partial charge on any atom is -0.300 e. The van der Waals surface area contributed by atoms with Crippen molar-refractivity contribution in [2.75, 3.05) is 0 Å². The Morgan fingerprint density at radius 2 is 2.20 bits per heavy atom. The number of hydrogen-bond donors (Lipinski definition) is 0. The van der Waals surface area contributed by atoms with Crippen LogP contribution in [0.4, 0.5) is 0 Å². The first-order chi connectivity index (χ1) is 4.75. The molecule has 0 heterocycles. The summed E-state index contributed by atoms with van der Waals surface area (Å²) in [7, 11) is 0. The molecule has 0 bridgehead atoms. The predicted molar refractivity (Wildman–Crippen MR) is 41.8 cm³/mol. The standard InChI is InChI=1S/C9H16O/c1-3-8-5-4-6-9(8)7(2)10/h8-9H,3-6H2,1-2H3/t8-,9+/m1/s1. The molecule has 0 aromatic carbocycles. The Labute approximate surface area is 62.8 Å². The highest BCUT2D eigenvalue weighted by Crippen LogP contribution is 2.34. The van der Waals surface area contributed by atoms with Crippen molar-refractivity contribution >= 4 is 5.78 Å². The highest BCUT2D eigenvalue weighted by molar-refractivity contribution is 5.78. The normalized spacial score (nSPS) is 32.6. The highest BCUT2D eigenvalue weighted by Gasteiger charge is 2.28. The zero-order valence-corrected chi connectivity index (χ0v) is 6.89. The molecule has 0 aromatic heterocycles. The molecule has 0 aliphatic heterocycles. The fourth-order valence-corrected chi connectivity index (χ4v) is 2.06. The molecule has 58 valence electrons. The van der Waals surface area contributed by atoms with E-state index in [2.05, 4.69) is 6.92 Å². The zero-order chi connectivity index (χ0) is 7.56. The van der Waals surface area contributed by atoms with Gasteiger partial charge in [-0.25, -0.2) is 0 Å². The van der Waals surface area contributed by atoms with Crippen LogP contribution in [0.15, 0.2) is 0 Å². The lowest BCUT2D eigenvalue weighted by molar-refractivity contribution is -0.121. The fourth-order valence-electron chi connectivity index (χ4n) is 2.06. The lowest BCUT2D eigenvalue weighted by atomic mass is 9.91. The maximum atomic E-state index is 11.0. The van der Waals surface area contributed by atoms with E-state index < -0.39 is 0 Å². The van der Waals surface area contributed by atoms with Crippen LogP contribution in [0.5, 0.6) is 0 Å². The zero-order valence-electron chi connectivity index (χ0n) is 6.89. The molecular weight excluding hydrogens is 124 g/mol. The van der Waals surface area contributed by atoms with Gasteiger partial charge in [0.1, 0.15) is 5.78 Å². The molecular formula is C9H16O. The van der Waals surface area contributed by atoms with Gasteiger partial charge in [0.15, 0.2) is 0 Å². The van der Waals surface area contributed by atoms with Gasteiger partial charge >= 0.3 is 0 Å². The quantitative estimate of drug-likeness (QED) is 0.575. The van der Waals surface area contributed by atoms with Gasteiger partial charge in [-0.05, 0) is 25.7 Å². The fraction of sp³-hybridized carbons (Fsp3) is 0.889. The summed E-state index contributed by atoms with van der Waals surface area (Å²) in [4.78, 5) is 11.0. The Bertz CT molecular complexity index is 129. The van der Waals surface area contributed by atoms with E-state index in [0.29, 0.717) is 17.6 Å². The monoisotopic (exact) mass is 140 g/mol. The van der Waals surface area contributed by atoms with Gasteiger partial charge in [-0.2, -0.15) is 0 Å². The second-order valence-corrected chi connectivity index (χ2v) is 3.32. The topological polar surface area (TPSA) is 17.1 Å². The van der Waals surface area contributed by atoms with Gasteiger partial charge in [0.25, 0.3) is 0 Å². The first-order valence-corrected chi connectivity index (χ1v) is 4.26. The summed E-state index contributed by atoms with van der Waals surface area (Å²) >= 11 is 0. The van der Waals surface area contributed by atoms with Gasteiger partial charge in [0.2, 0.25) is 0 Å². The molecule has 10 heavy (non-hydrogen) atoms. The smallest absolute Gasteiger partial charge is 0.133 e. The van der Waals surface area contributed by atoms with E-state index in [1.54, 1.807) is 6.92 Å². The van der Waals surface area contributed by atoms with Crippen molar-refractivity contribution in [3.63, 3.8) is 0 Å². The molecule has 2 atom stereocenters. The lowest BCUT2D eigenvalue weighted by Gasteiger charge is -2.13. The van der Waals surface area contributed by atoms with Crippen molar-refractivity contribution in [2.45, 2.75) is 39.5 Å². The molecule has 0 aromatic rings. The summed E-state index contributed by atoms with van der Waals surface area (Å²) in [5, 5.41) is 0. The molecule has 1 rings (SSSR count). The van der Waals surface area contributed by atoms with Crippen molar-refractivity contribution in [3.05, 3.63) is 0 Å². The number of carbonyl (C=O) groups excluding carboxylic acids is 1. The van der Waals surface area contributed by atoms with Gasteiger partial charge in [0.05, 0.1) is 0 Å². The Kier molecular flexibility index (Phi) is 2.47. The van der Waals surface area contributed by atoms with Crippen molar-refractivity contribution in [1.29, 1.82) is 0 Å². The molecule has 1 nitrogen and oxygen atoms in total. The van der Waals surface area contributed by atoms with Gasteiger partial charge in [-0.1, -0.05) is 19.8 Å². The maximum Gasteiger partial charge on any atom is 0.133 e. The van der Waals surface area contributed by atoms with Crippen LogP contribution in [0, 0.1) is 11.8 Å². The first kappa shape index (κ1) is 7.77. The molecule has 0 N–H and O–H groups in total. The summed E-state index contributed by atoms with van der Waals surface area (Å²) in [6.45, 7) is 3.92. The second-order valence-electron chi connectivity index (χ2n) is 3.32. The van der Waals surface area contributed by atoms with Crippen molar-refractivity contribution in [3.8, 4) is 0 Å². The van der Waals surface area contributed by atoms with Gasteiger partial charge in [-0.3, -0.25) is 4.79 Å². The summed E-state index contributed by atoms with van der Waals surface area (Å²) in [5.74, 6) is 1.52. The third kappa shape index (κ3) is 1.39. The van der Waals surface area contributed by atoms with E-state index in [9.17, 15) is 4.79 Å². The van der Waals surface area contributed by atoms with Gasteiger partial charge < -0.3 is 0 Å². The van der Waals surface area contributed by atoms with Crippen molar-refractivity contribution in [2.24, 2.45) is 11.8 Å². The minimum absolute atomic E-state index is 0.407. The third-order valence-electron chi connectivity index (χ3n) is 2.71. The summed E-state index contributed by atoms with van der Waals surface area (Å²) < 4.78 is 0. The number of rotatable bonds is 2. The van der Waals surface area contributed by atoms with E-state index >= 15 is 0 Å².